The van der Waals surface area contributed by atoms with Gasteiger partial charge in [-0.2, -0.15) is 4.98 Å². The summed E-state index contributed by atoms with van der Waals surface area (Å²) in [6.07, 6.45) is 6.63. The minimum atomic E-state index is 0.549. The van der Waals surface area contributed by atoms with Gasteiger partial charge >= 0.3 is 0 Å². The zero-order chi connectivity index (χ0) is 15.5. The summed E-state index contributed by atoms with van der Waals surface area (Å²) < 4.78 is 5.17. The monoisotopic (exact) mass is 303 g/mol. The Bertz CT molecular complexity index is 616. The summed E-state index contributed by atoms with van der Waals surface area (Å²) in [5.74, 6) is 0.823. The fourth-order valence-corrected chi connectivity index (χ4v) is 3.44. The van der Waals surface area contributed by atoms with Crippen molar-refractivity contribution in [1.82, 2.24) is 20.0 Å². The molecule has 6 nitrogen and oxygen atoms in total. The number of anilines is 1. The standard InChI is InChI=1S/C16H25N5O/c1-11-6-4-7-12(2)21(11)9-5-8-17-15-14-13(3)20-22-16(14)19-10-18-15/h10-12H,4-9H2,1-3H3,(H,17,18,19)/t11-,12+. The van der Waals surface area contributed by atoms with Crippen LogP contribution in [-0.2, 0) is 0 Å². The lowest BCUT2D eigenvalue weighted by molar-refractivity contribution is 0.103. The van der Waals surface area contributed by atoms with Crippen molar-refractivity contribution in [2.75, 3.05) is 18.4 Å². The summed E-state index contributed by atoms with van der Waals surface area (Å²) in [6.45, 7) is 8.63. The molecule has 2 aromatic heterocycles. The Morgan fingerprint density at radius 3 is 2.82 bits per heavy atom. The average molecular weight is 303 g/mol. The molecule has 0 amide bonds. The fraction of sp³-hybridized carbons (Fsp3) is 0.688. The highest BCUT2D eigenvalue weighted by Gasteiger charge is 2.23. The minimum absolute atomic E-state index is 0.549. The van der Waals surface area contributed by atoms with Crippen LogP contribution in [0.15, 0.2) is 10.9 Å². The third-order valence-electron chi connectivity index (χ3n) is 4.70. The summed E-state index contributed by atoms with van der Waals surface area (Å²) in [6, 6.07) is 1.41. The van der Waals surface area contributed by atoms with E-state index in [0.29, 0.717) is 17.8 Å². The van der Waals surface area contributed by atoms with Gasteiger partial charge in [0.15, 0.2) is 0 Å². The molecule has 0 saturated carbocycles. The smallest absolute Gasteiger partial charge is 0.263 e. The van der Waals surface area contributed by atoms with Crippen LogP contribution in [-0.4, -0.2) is 45.2 Å². The third-order valence-corrected chi connectivity index (χ3v) is 4.70. The zero-order valence-corrected chi connectivity index (χ0v) is 13.7. The van der Waals surface area contributed by atoms with Crippen LogP contribution < -0.4 is 5.32 Å². The van der Waals surface area contributed by atoms with E-state index in [0.717, 1.165) is 36.4 Å². The number of fused-ring (bicyclic) bond motifs is 1. The van der Waals surface area contributed by atoms with Gasteiger partial charge in [-0.05, 0) is 40.0 Å². The lowest BCUT2D eigenvalue weighted by Gasteiger charge is -2.39. The number of nitrogens with zero attached hydrogens (tertiary/aromatic N) is 4. The summed E-state index contributed by atoms with van der Waals surface area (Å²) in [5, 5.41) is 8.25. The highest BCUT2D eigenvalue weighted by molar-refractivity contribution is 5.87. The normalized spacial score (nSPS) is 23.0. The second kappa shape index (κ2) is 6.60. The molecule has 1 saturated heterocycles. The van der Waals surface area contributed by atoms with Crippen molar-refractivity contribution in [1.29, 1.82) is 0 Å². The van der Waals surface area contributed by atoms with Crippen LogP contribution in [0.5, 0.6) is 0 Å². The van der Waals surface area contributed by atoms with Crippen LogP contribution in [0.2, 0.25) is 0 Å². The number of likely N-dealkylation sites (tertiary alicyclic amines) is 1. The maximum Gasteiger partial charge on any atom is 0.263 e. The third kappa shape index (κ3) is 3.06. The molecule has 1 aliphatic rings. The van der Waals surface area contributed by atoms with Crippen molar-refractivity contribution in [3.63, 3.8) is 0 Å². The first kappa shape index (κ1) is 15.2. The topological polar surface area (TPSA) is 67.1 Å². The predicted octanol–water partition coefficient (Wildman–Crippen LogP) is 2.99. The largest absolute Gasteiger partial charge is 0.369 e. The van der Waals surface area contributed by atoms with E-state index in [9.17, 15) is 0 Å². The second-order valence-electron chi connectivity index (χ2n) is 6.32. The summed E-state index contributed by atoms with van der Waals surface area (Å²) in [5.41, 5.74) is 1.38. The van der Waals surface area contributed by atoms with E-state index in [1.807, 2.05) is 6.92 Å². The number of aryl methyl sites for hydroxylation is 1. The predicted molar refractivity (Wildman–Crippen MR) is 86.9 cm³/mol. The molecule has 3 heterocycles. The van der Waals surface area contributed by atoms with Crippen molar-refractivity contribution in [3.8, 4) is 0 Å². The van der Waals surface area contributed by atoms with Crippen LogP contribution in [0.1, 0.15) is 45.2 Å². The van der Waals surface area contributed by atoms with E-state index >= 15 is 0 Å². The Morgan fingerprint density at radius 2 is 2.05 bits per heavy atom. The summed E-state index contributed by atoms with van der Waals surface area (Å²) in [4.78, 5) is 11.0. The lowest BCUT2D eigenvalue weighted by Crippen LogP contribution is -2.44. The van der Waals surface area contributed by atoms with Crippen molar-refractivity contribution in [3.05, 3.63) is 12.0 Å². The van der Waals surface area contributed by atoms with Crippen molar-refractivity contribution >= 4 is 16.9 Å². The Labute approximate surface area is 131 Å². The van der Waals surface area contributed by atoms with Gasteiger partial charge in [-0.1, -0.05) is 11.6 Å². The van der Waals surface area contributed by atoms with Gasteiger partial charge in [0.25, 0.3) is 5.71 Å². The lowest BCUT2D eigenvalue weighted by atomic mass is 9.97. The van der Waals surface area contributed by atoms with Crippen LogP contribution in [0.3, 0.4) is 0 Å². The first-order valence-electron chi connectivity index (χ1n) is 8.23. The number of aromatic nitrogens is 3. The fourth-order valence-electron chi connectivity index (χ4n) is 3.44. The van der Waals surface area contributed by atoms with E-state index in [2.05, 4.69) is 39.2 Å². The number of hydrogen-bond acceptors (Lipinski definition) is 6. The molecule has 1 fully saturated rings. The van der Waals surface area contributed by atoms with Crippen molar-refractivity contribution in [2.45, 2.75) is 58.5 Å². The van der Waals surface area contributed by atoms with E-state index in [4.69, 9.17) is 4.52 Å². The molecule has 2 aromatic rings. The average Bonchev–Trinajstić information content (AvgIpc) is 2.88. The summed E-state index contributed by atoms with van der Waals surface area (Å²) in [7, 11) is 0. The van der Waals surface area contributed by atoms with Gasteiger partial charge in [-0.3, -0.25) is 4.90 Å². The van der Waals surface area contributed by atoms with Crippen LogP contribution in [0.25, 0.3) is 11.1 Å². The van der Waals surface area contributed by atoms with Crippen molar-refractivity contribution in [2.24, 2.45) is 0 Å². The Kier molecular flexibility index (Phi) is 4.57. The molecule has 3 rings (SSSR count). The molecule has 0 aromatic carbocycles. The molecule has 1 N–H and O–H groups in total. The molecule has 0 spiro atoms. The van der Waals surface area contributed by atoms with E-state index in [1.165, 1.54) is 25.6 Å². The maximum atomic E-state index is 5.17. The quantitative estimate of drug-likeness (QED) is 0.857. The van der Waals surface area contributed by atoms with Gasteiger partial charge in [-0.25, -0.2) is 4.98 Å². The second-order valence-corrected chi connectivity index (χ2v) is 6.32. The molecular formula is C16H25N5O. The SMILES string of the molecule is Cc1noc2ncnc(NCCCN3[C@H](C)CCC[C@@H]3C)c12. The van der Waals surface area contributed by atoms with Gasteiger partial charge in [0.05, 0.1) is 5.69 Å². The molecule has 1 aliphatic heterocycles. The Hall–Kier alpha value is -1.69. The first-order valence-corrected chi connectivity index (χ1v) is 8.23. The molecule has 22 heavy (non-hydrogen) atoms. The first-order chi connectivity index (χ1) is 10.7. The number of piperidine rings is 1. The van der Waals surface area contributed by atoms with Crippen molar-refractivity contribution < 1.29 is 4.52 Å². The van der Waals surface area contributed by atoms with Gasteiger partial charge in [0, 0.05) is 25.2 Å². The zero-order valence-electron chi connectivity index (χ0n) is 13.7. The number of nitrogens with one attached hydrogen (secondary N) is 1. The molecule has 2 atom stereocenters. The number of rotatable bonds is 5. The van der Waals surface area contributed by atoms with Crippen LogP contribution >= 0.6 is 0 Å². The number of hydrogen-bond donors (Lipinski definition) is 1. The molecule has 120 valence electrons. The molecule has 0 bridgehead atoms. The Balaban J connectivity index is 1.55. The van der Waals surface area contributed by atoms with Crippen LogP contribution in [0, 0.1) is 6.92 Å². The highest BCUT2D eigenvalue weighted by Crippen LogP contribution is 2.24. The van der Waals surface area contributed by atoms with Gasteiger partial charge in [0.1, 0.15) is 17.5 Å². The molecule has 0 unspecified atom stereocenters. The van der Waals surface area contributed by atoms with Gasteiger partial charge < -0.3 is 9.84 Å². The summed E-state index contributed by atoms with van der Waals surface area (Å²) >= 11 is 0. The van der Waals surface area contributed by atoms with E-state index < -0.39 is 0 Å². The Morgan fingerprint density at radius 1 is 1.27 bits per heavy atom. The molecule has 0 radical (unpaired) electrons. The molecular weight excluding hydrogens is 278 g/mol. The van der Waals surface area contributed by atoms with Gasteiger partial charge in [-0.15, -0.1) is 0 Å². The highest BCUT2D eigenvalue weighted by atomic mass is 16.5. The molecule has 6 heteroatoms. The van der Waals surface area contributed by atoms with Gasteiger partial charge in [0.2, 0.25) is 0 Å². The van der Waals surface area contributed by atoms with Crippen LogP contribution in [0.4, 0.5) is 5.82 Å². The maximum absolute atomic E-state index is 5.17. The van der Waals surface area contributed by atoms with E-state index in [-0.39, 0.29) is 0 Å². The minimum Gasteiger partial charge on any atom is -0.369 e. The van der Waals surface area contributed by atoms with E-state index in [1.54, 1.807) is 0 Å². The molecule has 0 aliphatic carbocycles.